The van der Waals surface area contributed by atoms with E-state index in [2.05, 4.69) is 0 Å². The first-order valence-corrected chi connectivity index (χ1v) is 8.85. The summed E-state index contributed by atoms with van der Waals surface area (Å²) in [5.41, 5.74) is 0.826. The molecular formula is C14H13F2NO2S2. The van der Waals surface area contributed by atoms with Crippen LogP contribution in [0.1, 0.15) is 18.4 Å². The Labute approximate surface area is 125 Å². The molecule has 1 heterocycles. The first-order valence-electron chi connectivity index (χ1n) is 6.47. The van der Waals surface area contributed by atoms with Gasteiger partial charge in [-0.05, 0) is 47.4 Å². The predicted molar refractivity (Wildman–Crippen MR) is 76.4 cm³/mol. The van der Waals surface area contributed by atoms with Gasteiger partial charge in [0.25, 0.3) is 0 Å². The smallest absolute Gasteiger partial charge is 0.207 e. The summed E-state index contributed by atoms with van der Waals surface area (Å²) in [4.78, 5) is -0.855. The average Bonchev–Trinajstić information content (AvgIpc) is 3.11. The van der Waals surface area contributed by atoms with Crippen LogP contribution in [0.4, 0.5) is 8.78 Å². The number of thiophene rings is 1. The highest BCUT2D eigenvalue weighted by molar-refractivity contribution is 7.89. The van der Waals surface area contributed by atoms with Gasteiger partial charge in [-0.2, -0.15) is 15.6 Å². The molecule has 1 saturated carbocycles. The second-order valence-electron chi connectivity index (χ2n) is 4.96. The number of benzene rings is 1. The second kappa shape index (κ2) is 5.47. The molecule has 0 N–H and O–H groups in total. The predicted octanol–water partition coefficient (Wildman–Crippen LogP) is 3.38. The summed E-state index contributed by atoms with van der Waals surface area (Å²) < 4.78 is 54.1. The lowest BCUT2D eigenvalue weighted by molar-refractivity contribution is 0.390. The van der Waals surface area contributed by atoms with Crippen LogP contribution in [-0.2, 0) is 16.6 Å². The van der Waals surface area contributed by atoms with Gasteiger partial charge in [0.15, 0.2) is 4.90 Å². The molecule has 3 rings (SSSR count). The van der Waals surface area contributed by atoms with Crippen molar-refractivity contribution in [2.75, 3.05) is 0 Å². The largest absolute Gasteiger partial charge is 0.249 e. The highest BCUT2D eigenvalue weighted by Gasteiger charge is 2.40. The van der Waals surface area contributed by atoms with E-state index in [1.54, 1.807) is 0 Å². The molecule has 21 heavy (non-hydrogen) atoms. The van der Waals surface area contributed by atoms with Crippen molar-refractivity contribution >= 4 is 21.4 Å². The van der Waals surface area contributed by atoms with Crippen LogP contribution in [0.5, 0.6) is 0 Å². The fourth-order valence-corrected chi connectivity index (χ4v) is 4.63. The van der Waals surface area contributed by atoms with Gasteiger partial charge in [0, 0.05) is 12.6 Å². The zero-order valence-electron chi connectivity index (χ0n) is 11.0. The molecule has 0 bridgehead atoms. The van der Waals surface area contributed by atoms with E-state index in [1.807, 2.05) is 16.8 Å². The van der Waals surface area contributed by atoms with Crippen LogP contribution in [0.15, 0.2) is 39.9 Å². The minimum atomic E-state index is -4.19. The Kier molecular flexibility index (Phi) is 3.81. The van der Waals surface area contributed by atoms with E-state index in [-0.39, 0.29) is 12.6 Å². The normalized spacial score (nSPS) is 15.6. The van der Waals surface area contributed by atoms with Crippen molar-refractivity contribution in [3.05, 3.63) is 52.2 Å². The van der Waals surface area contributed by atoms with E-state index < -0.39 is 26.6 Å². The van der Waals surface area contributed by atoms with Crippen molar-refractivity contribution in [1.29, 1.82) is 0 Å². The van der Waals surface area contributed by atoms with Crippen LogP contribution in [-0.4, -0.2) is 18.8 Å². The molecule has 0 amide bonds. The molecule has 0 spiro atoms. The molecule has 0 atom stereocenters. The van der Waals surface area contributed by atoms with Crippen molar-refractivity contribution in [3.63, 3.8) is 0 Å². The Bertz CT molecular complexity index is 720. The molecule has 0 unspecified atom stereocenters. The van der Waals surface area contributed by atoms with Crippen molar-refractivity contribution in [2.45, 2.75) is 30.3 Å². The van der Waals surface area contributed by atoms with Crippen LogP contribution >= 0.6 is 11.3 Å². The van der Waals surface area contributed by atoms with Gasteiger partial charge in [0.05, 0.1) is 0 Å². The standard InChI is InChI=1S/C14H13F2NO2S2/c15-12-2-1-3-13(16)14(12)21(18,19)17(11-4-5-11)8-10-6-7-20-9-10/h1-3,6-7,9,11H,4-5,8H2. The Balaban J connectivity index is 2.01. The van der Waals surface area contributed by atoms with E-state index in [0.29, 0.717) is 0 Å². The zero-order valence-corrected chi connectivity index (χ0v) is 12.6. The minimum absolute atomic E-state index is 0.143. The maximum Gasteiger partial charge on any atom is 0.249 e. The summed E-state index contributed by atoms with van der Waals surface area (Å²) >= 11 is 1.46. The van der Waals surface area contributed by atoms with Gasteiger partial charge in [-0.25, -0.2) is 17.2 Å². The maximum absolute atomic E-state index is 13.8. The molecule has 1 aliphatic carbocycles. The molecule has 112 valence electrons. The second-order valence-corrected chi connectivity index (χ2v) is 7.57. The number of hydrogen-bond acceptors (Lipinski definition) is 3. The molecule has 1 aliphatic rings. The van der Waals surface area contributed by atoms with E-state index in [9.17, 15) is 17.2 Å². The highest BCUT2D eigenvalue weighted by atomic mass is 32.2. The fourth-order valence-electron chi connectivity index (χ4n) is 2.18. The Morgan fingerprint density at radius 1 is 1.19 bits per heavy atom. The summed E-state index contributed by atoms with van der Waals surface area (Å²) in [6.07, 6.45) is 1.44. The molecular weight excluding hydrogens is 316 g/mol. The number of sulfonamides is 1. The van der Waals surface area contributed by atoms with Gasteiger partial charge in [-0.15, -0.1) is 0 Å². The van der Waals surface area contributed by atoms with Crippen molar-refractivity contribution in [2.24, 2.45) is 0 Å². The Morgan fingerprint density at radius 2 is 1.86 bits per heavy atom. The van der Waals surface area contributed by atoms with Crippen molar-refractivity contribution in [3.8, 4) is 0 Å². The van der Waals surface area contributed by atoms with Crippen molar-refractivity contribution in [1.82, 2.24) is 4.31 Å². The molecule has 7 heteroatoms. The summed E-state index contributed by atoms with van der Waals surface area (Å²) in [5, 5.41) is 3.68. The van der Waals surface area contributed by atoms with Crippen molar-refractivity contribution < 1.29 is 17.2 Å². The van der Waals surface area contributed by atoms with Gasteiger partial charge in [0.2, 0.25) is 10.0 Å². The molecule has 0 radical (unpaired) electrons. The molecule has 0 saturated heterocycles. The molecule has 1 aromatic carbocycles. The van der Waals surface area contributed by atoms with Gasteiger partial charge in [-0.3, -0.25) is 0 Å². The third-order valence-corrected chi connectivity index (χ3v) is 6.04. The lowest BCUT2D eigenvalue weighted by Crippen LogP contribution is -2.33. The molecule has 1 aromatic heterocycles. The van der Waals surface area contributed by atoms with Gasteiger partial charge in [-0.1, -0.05) is 6.07 Å². The lowest BCUT2D eigenvalue weighted by Gasteiger charge is -2.22. The minimum Gasteiger partial charge on any atom is -0.207 e. The molecule has 1 fully saturated rings. The molecule has 2 aromatic rings. The Hall–Kier alpha value is -1.31. The average molecular weight is 329 g/mol. The van der Waals surface area contributed by atoms with Crippen LogP contribution in [0.25, 0.3) is 0 Å². The van der Waals surface area contributed by atoms with E-state index in [4.69, 9.17) is 0 Å². The molecule has 3 nitrogen and oxygen atoms in total. The third-order valence-electron chi connectivity index (χ3n) is 3.36. The fraction of sp³-hybridized carbons (Fsp3) is 0.286. The number of nitrogens with zero attached hydrogens (tertiary/aromatic N) is 1. The van der Waals surface area contributed by atoms with Crippen LogP contribution in [0.3, 0.4) is 0 Å². The monoisotopic (exact) mass is 329 g/mol. The number of rotatable bonds is 5. The maximum atomic E-state index is 13.8. The lowest BCUT2D eigenvalue weighted by atomic mass is 10.3. The summed E-state index contributed by atoms with van der Waals surface area (Å²) in [6, 6.07) is 4.73. The Morgan fingerprint density at radius 3 is 2.38 bits per heavy atom. The van der Waals surface area contributed by atoms with Gasteiger partial charge >= 0.3 is 0 Å². The van der Waals surface area contributed by atoms with Crippen LogP contribution < -0.4 is 0 Å². The van der Waals surface area contributed by atoms with Gasteiger partial charge < -0.3 is 0 Å². The van der Waals surface area contributed by atoms with Crippen LogP contribution in [0.2, 0.25) is 0 Å². The topological polar surface area (TPSA) is 37.4 Å². The first-order chi connectivity index (χ1) is 10.00. The van der Waals surface area contributed by atoms with E-state index in [1.165, 1.54) is 15.6 Å². The SMILES string of the molecule is O=S(=O)(c1c(F)cccc1F)N(Cc1ccsc1)C1CC1. The zero-order chi connectivity index (χ0) is 15.0. The highest BCUT2D eigenvalue weighted by Crippen LogP contribution is 2.35. The number of hydrogen-bond donors (Lipinski definition) is 0. The summed E-state index contributed by atoms with van der Waals surface area (Å²) in [6.45, 7) is 0.143. The summed E-state index contributed by atoms with van der Waals surface area (Å²) in [5.74, 6) is -2.10. The quantitative estimate of drug-likeness (QED) is 0.843. The van der Waals surface area contributed by atoms with Crippen LogP contribution in [0, 0.1) is 11.6 Å². The first kappa shape index (κ1) is 14.6. The number of halogens is 2. The third kappa shape index (κ3) is 2.86. The molecule has 0 aliphatic heterocycles. The summed E-state index contributed by atoms with van der Waals surface area (Å²) in [7, 11) is -4.19. The van der Waals surface area contributed by atoms with E-state index in [0.717, 1.165) is 36.6 Å². The van der Waals surface area contributed by atoms with E-state index >= 15 is 0 Å². The van der Waals surface area contributed by atoms with Gasteiger partial charge in [0.1, 0.15) is 11.6 Å².